The van der Waals surface area contributed by atoms with Gasteiger partial charge in [-0.15, -0.1) is 0 Å². The summed E-state index contributed by atoms with van der Waals surface area (Å²) in [6, 6.07) is 9.49. The number of nitrogens with zero attached hydrogens (tertiary/aromatic N) is 1. The third-order valence-corrected chi connectivity index (χ3v) is 4.58. The summed E-state index contributed by atoms with van der Waals surface area (Å²) in [6.07, 6.45) is 2.28. The summed E-state index contributed by atoms with van der Waals surface area (Å²) in [5, 5.41) is 8.03. The van der Waals surface area contributed by atoms with E-state index in [0.717, 1.165) is 12.8 Å². The SMILES string of the molecule is COc1ccc(NC(=O)Nc2ccc(C)n(CC(=O)NCC3CC3)c2=O)cc1. The minimum atomic E-state index is -0.546. The van der Waals surface area contributed by atoms with Crippen LogP contribution < -0.4 is 26.2 Å². The molecule has 1 aliphatic rings. The molecule has 8 heteroatoms. The van der Waals surface area contributed by atoms with E-state index in [-0.39, 0.29) is 18.1 Å². The Kier molecular flexibility index (Phi) is 5.98. The molecule has 0 spiro atoms. The first-order chi connectivity index (χ1) is 13.5. The van der Waals surface area contributed by atoms with Crippen LogP contribution in [-0.2, 0) is 11.3 Å². The number of urea groups is 1. The summed E-state index contributed by atoms with van der Waals surface area (Å²) >= 11 is 0. The van der Waals surface area contributed by atoms with Crippen LogP contribution in [0.4, 0.5) is 16.2 Å². The van der Waals surface area contributed by atoms with Gasteiger partial charge in [-0.2, -0.15) is 0 Å². The molecule has 1 aromatic heterocycles. The number of methoxy groups -OCH3 is 1. The summed E-state index contributed by atoms with van der Waals surface area (Å²) in [6.45, 7) is 2.32. The maximum absolute atomic E-state index is 12.7. The van der Waals surface area contributed by atoms with Gasteiger partial charge in [0.2, 0.25) is 5.91 Å². The van der Waals surface area contributed by atoms with Crippen molar-refractivity contribution in [3.05, 3.63) is 52.4 Å². The van der Waals surface area contributed by atoms with Crippen LogP contribution in [0.3, 0.4) is 0 Å². The molecular weight excluding hydrogens is 360 g/mol. The molecule has 3 amide bonds. The van der Waals surface area contributed by atoms with Gasteiger partial charge in [0, 0.05) is 17.9 Å². The molecule has 0 aliphatic heterocycles. The van der Waals surface area contributed by atoms with Crippen molar-refractivity contribution in [2.24, 2.45) is 5.92 Å². The second-order valence-corrected chi connectivity index (χ2v) is 6.83. The molecule has 8 nitrogen and oxygen atoms in total. The topological polar surface area (TPSA) is 101 Å². The van der Waals surface area contributed by atoms with Crippen molar-refractivity contribution >= 4 is 23.3 Å². The van der Waals surface area contributed by atoms with Crippen LogP contribution in [0.15, 0.2) is 41.2 Å². The molecule has 0 saturated heterocycles. The van der Waals surface area contributed by atoms with E-state index in [1.54, 1.807) is 44.4 Å². The van der Waals surface area contributed by atoms with Gasteiger partial charge in [0.15, 0.2) is 0 Å². The van der Waals surface area contributed by atoms with Crippen molar-refractivity contribution in [3.8, 4) is 5.75 Å². The number of carbonyl (C=O) groups excluding carboxylic acids is 2. The number of rotatable bonds is 7. The minimum Gasteiger partial charge on any atom is -0.497 e. The molecule has 3 N–H and O–H groups in total. The fourth-order valence-electron chi connectivity index (χ4n) is 2.70. The van der Waals surface area contributed by atoms with Crippen LogP contribution in [0, 0.1) is 12.8 Å². The molecule has 148 valence electrons. The van der Waals surface area contributed by atoms with E-state index in [0.29, 0.717) is 29.6 Å². The van der Waals surface area contributed by atoms with E-state index in [1.807, 2.05) is 0 Å². The van der Waals surface area contributed by atoms with Crippen molar-refractivity contribution in [1.82, 2.24) is 9.88 Å². The average Bonchev–Trinajstić information content (AvgIpc) is 3.51. The number of anilines is 2. The van der Waals surface area contributed by atoms with Crippen molar-refractivity contribution in [2.45, 2.75) is 26.3 Å². The van der Waals surface area contributed by atoms with Crippen LogP contribution in [0.5, 0.6) is 5.75 Å². The monoisotopic (exact) mass is 384 g/mol. The lowest BCUT2D eigenvalue weighted by atomic mass is 10.3. The summed E-state index contributed by atoms with van der Waals surface area (Å²) < 4.78 is 6.42. The van der Waals surface area contributed by atoms with Gasteiger partial charge >= 0.3 is 6.03 Å². The quantitative estimate of drug-likeness (QED) is 0.682. The van der Waals surface area contributed by atoms with E-state index in [1.165, 1.54) is 10.6 Å². The van der Waals surface area contributed by atoms with Crippen LogP contribution in [0.1, 0.15) is 18.5 Å². The average molecular weight is 384 g/mol. The number of pyridine rings is 1. The van der Waals surface area contributed by atoms with E-state index in [2.05, 4.69) is 16.0 Å². The van der Waals surface area contributed by atoms with E-state index in [9.17, 15) is 14.4 Å². The van der Waals surface area contributed by atoms with Gasteiger partial charge in [0.1, 0.15) is 18.0 Å². The molecular formula is C20H24N4O4. The van der Waals surface area contributed by atoms with Gasteiger partial charge in [0.25, 0.3) is 5.56 Å². The smallest absolute Gasteiger partial charge is 0.323 e. The Balaban J connectivity index is 1.64. The Morgan fingerprint density at radius 1 is 1.11 bits per heavy atom. The number of aromatic nitrogens is 1. The number of nitrogens with one attached hydrogen (secondary N) is 3. The summed E-state index contributed by atoms with van der Waals surface area (Å²) in [5.74, 6) is 1.03. The van der Waals surface area contributed by atoms with Gasteiger partial charge in [-0.3, -0.25) is 9.59 Å². The maximum atomic E-state index is 12.7. The van der Waals surface area contributed by atoms with Crippen LogP contribution >= 0.6 is 0 Å². The van der Waals surface area contributed by atoms with Gasteiger partial charge in [0.05, 0.1) is 7.11 Å². The zero-order chi connectivity index (χ0) is 20.1. The lowest BCUT2D eigenvalue weighted by Gasteiger charge is -2.13. The minimum absolute atomic E-state index is 0.0764. The van der Waals surface area contributed by atoms with Gasteiger partial charge < -0.3 is 25.3 Å². The Morgan fingerprint density at radius 3 is 2.46 bits per heavy atom. The first-order valence-corrected chi connectivity index (χ1v) is 9.15. The molecule has 1 saturated carbocycles. The molecule has 1 heterocycles. The van der Waals surface area contributed by atoms with Gasteiger partial charge in [-0.1, -0.05) is 0 Å². The fourth-order valence-corrected chi connectivity index (χ4v) is 2.70. The molecule has 1 aliphatic carbocycles. The zero-order valence-electron chi connectivity index (χ0n) is 16.0. The normalized spacial score (nSPS) is 12.9. The molecule has 0 radical (unpaired) electrons. The molecule has 0 atom stereocenters. The first-order valence-electron chi connectivity index (χ1n) is 9.15. The second kappa shape index (κ2) is 8.60. The Bertz CT molecular complexity index is 917. The van der Waals surface area contributed by atoms with Crippen LogP contribution in [-0.4, -0.2) is 30.2 Å². The highest BCUT2D eigenvalue weighted by atomic mass is 16.5. The zero-order valence-corrected chi connectivity index (χ0v) is 16.0. The number of hydrogen-bond donors (Lipinski definition) is 3. The number of carbonyl (C=O) groups is 2. The van der Waals surface area contributed by atoms with Gasteiger partial charge in [-0.05, 0) is 62.1 Å². The number of amides is 3. The summed E-state index contributed by atoms with van der Waals surface area (Å²) in [7, 11) is 1.56. The Hall–Kier alpha value is -3.29. The molecule has 1 fully saturated rings. The first kappa shape index (κ1) is 19.5. The number of benzene rings is 1. The Labute approximate surface area is 162 Å². The van der Waals surface area contributed by atoms with Crippen molar-refractivity contribution in [3.63, 3.8) is 0 Å². The predicted molar refractivity (Wildman–Crippen MR) is 107 cm³/mol. The highest BCUT2D eigenvalue weighted by Gasteiger charge is 2.22. The second-order valence-electron chi connectivity index (χ2n) is 6.83. The van der Waals surface area contributed by atoms with E-state index < -0.39 is 11.6 Å². The molecule has 0 bridgehead atoms. The number of hydrogen-bond acceptors (Lipinski definition) is 4. The Morgan fingerprint density at radius 2 is 1.82 bits per heavy atom. The summed E-state index contributed by atoms with van der Waals surface area (Å²) in [5.41, 5.74) is 0.885. The third-order valence-electron chi connectivity index (χ3n) is 4.58. The highest BCUT2D eigenvalue weighted by molar-refractivity contribution is 5.99. The molecule has 3 rings (SSSR count). The molecule has 28 heavy (non-hydrogen) atoms. The standard InChI is InChI=1S/C20H24N4O4/c1-13-3-10-17(19(26)24(13)12-18(25)21-11-14-4-5-14)23-20(27)22-15-6-8-16(28-2)9-7-15/h3,6-10,14H,4-5,11-12H2,1-2H3,(H,21,25)(H2,22,23,27). The molecule has 0 unspecified atom stereocenters. The highest BCUT2D eigenvalue weighted by Crippen LogP contribution is 2.27. The number of ether oxygens (including phenoxy) is 1. The largest absolute Gasteiger partial charge is 0.497 e. The van der Waals surface area contributed by atoms with Crippen molar-refractivity contribution in [2.75, 3.05) is 24.3 Å². The maximum Gasteiger partial charge on any atom is 0.323 e. The van der Waals surface area contributed by atoms with E-state index in [4.69, 9.17) is 4.74 Å². The van der Waals surface area contributed by atoms with Crippen LogP contribution in [0.2, 0.25) is 0 Å². The fraction of sp³-hybridized carbons (Fsp3) is 0.350. The summed E-state index contributed by atoms with van der Waals surface area (Å²) in [4.78, 5) is 37.0. The van der Waals surface area contributed by atoms with Gasteiger partial charge in [-0.25, -0.2) is 4.79 Å². The lowest BCUT2D eigenvalue weighted by Crippen LogP contribution is -2.35. The van der Waals surface area contributed by atoms with Crippen LogP contribution in [0.25, 0.3) is 0 Å². The molecule has 2 aromatic rings. The number of aryl methyl sites for hydroxylation is 1. The lowest BCUT2D eigenvalue weighted by molar-refractivity contribution is -0.121. The predicted octanol–water partition coefficient (Wildman–Crippen LogP) is 2.34. The third kappa shape index (κ3) is 5.12. The van der Waals surface area contributed by atoms with Crippen molar-refractivity contribution < 1.29 is 14.3 Å². The molecule has 1 aromatic carbocycles. The van der Waals surface area contributed by atoms with E-state index >= 15 is 0 Å². The van der Waals surface area contributed by atoms with Crippen molar-refractivity contribution in [1.29, 1.82) is 0 Å².